The van der Waals surface area contributed by atoms with Crippen LogP contribution in [0.3, 0.4) is 0 Å². The number of hydrogen-bond acceptors (Lipinski definition) is 4. The molecule has 0 saturated carbocycles. The van der Waals surface area contributed by atoms with E-state index >= 15 is 0 Å². The maximum absolute atomic E-state index is 6.16. The lowest BCUT2D eigenvalue weighted by Gasteiger charge is -2.11. The van der Waals surface area contributed by atoms with E-state index in [9.17, 15) is 0 Å². The van der Waals surface area contributed by atoms with Crippen molar-refractivity contribution in [2.24, 2.45) is 5.73 Å². The first-order valence-corrected chi connectivity index (χ1v) is 6.91. The molecule has 0 aliphatic rings. The smallest absolute Gasteiger partial charge is 0.141 e. The van der Waals surface area contributed by atoms with Crippen molar-refractivity contribution in [2.75, 3.05) is 6.54 Å². The van der Waals surface area contributed by atoms with Crippen molar-refractivity contribution in [3.63, 3.8) is 0 Å². The average molecular weight is 283 g/mol. The number of nitrogens with two attached hydrogens (primary N) is 1. The SMILES string of the molecule is Cc1ncc(COc2c(Cl)cccc2CCN)s1. The Morgan fingerprint density at radius 3 is 2.94 bits per heavy atom. The van der Waals surface area contributed by atoms with E-state index in [-0.39, 0.29) is 0 Å². The molecule has 18 heavy (non-hydrogen) atoms. The lowest BCUT2D eigenvalue weighted by Crippen LogP contribution is -2.05. The van der Waals surface area contributed by atoms with E-state index in [1.54, 1.807) is 11.3 Å². The summed E-state index contributed by atoms with van der Waals surface area (Å²) in [6.45, 7) is 3.05. The molecule has 0 aliphatic carbocycles. The Morgan fingerprint density at radius 2 is 2.28 bits per heavy atom. The Bertz CT molecular complexity index is 527. The minimum absolute atomic E-state index is 0.493. The number of rotatable bonds is 5. The van der Waals surface area contributed by atoms with Crippen molar-refractivity contribution < 1.29 is 4.74 Å². The molecule has 0 atom stereocenters. The van der Waals surface area contributed by atoms with E-state index in [2.05, 4.69) is 4.98 Å². The zero-order chi connectivity index (χ0) is 13.0. The van der Waals surface area contributed by atoms with Crippen LogP contribution >= 0.6 is 22.9 Å². The number of thiazole rings is 1. The van der Waals surface area contributed by atoms with Crippen molar-refractivity contribution in [2.45, 2.75) is 20.0 Å². The summed E-state index contributed by atoms with van der Waals surface area (Å²) < 4.78 is 5.80. The van der Waals surface area contributed by atoms with Crippen LogP contribution in [0.2, 0.25) is 5.02 Å². The van der Waals surface area contributed by atoms with E-state index in [1.807, 2.05) is 31.3 Å². The molecule has 96 valence electrons. The van der Waals surface area contributed by atoms with E-state index < -0.39 is 0 Å². The van der Waals surface area contributed by atoms with Gasteiger partial charge in [-0.05, 0) is 31.5 Å². The van der Waals surface area contributed by atoms with Gasteiger partial charge in [-0.3, -0.25) is 0 Å². The lowest BCUT2D eigenvalue weighted by atomic mass is 10.1. The van der Waals surface area contributed by atoms with Crippen LogP contribution in [0.4, 0.5) is 0 Å². The minimum atomic E-state index is 0.493. The first-order valence-electron chi connectivity index (χ1n) is 5.72. The number of nitrogens with zero attached hydrogens (tertiary/aromatic N) is 1. The highest BCUT2D eigenvalue weighted by atomic mass is 35.5. The highest BCUT2D eigenvalue weighted by molar-refractivity contribution is 7.11. The lowest BCUT2D eigenvalue weighted by molar-refractivity contribution is 0.306. The van der Waals surface area contributed by atoms with Crippen LogP contribution in [0.25, 0.3) is 0 Å². The molecular formula is C13H15ClN2OS. The van der Waals surface area contributed by atoms with Crippen molar-refractivity contribution in [1.29, 1.82) is 0 Å². The van der Waals surface area contributed by atoms with Crippen molar-refractivity contribution in [3.05, 3.63) is 44.9 Å². The quantitative estimate of drug-likeness (QED) is 0.916. The summed E-state index contributed by atoms with van der Waals surface area (Å²) in [4.78, 5) is 5.28. The van der Waals surface area contributed by atoms with Crippen LogP contribution in [-0.4, -0.2) is 11.5 Å². The second kappa shape index (κ2) is 6.18. The van der Waals surface area contributed by atoms with Gasteiger partial charge in [0.05, 0.1) is 14.9 Å². The Kier molecular flexibility index (Phi) is 4.58. The van der Waals surface area contributed by atoms with Crippen LogP contribution in [0.15, 0.2) is 24.4 Å². The average Bonchev–Trinajstić information content (AvgIpc) is 2.75. The van der Waals surface area contributed by atoms with Crippen molar-refractivity contribution >= 4 is 22.9 Å². The topological polar surface area (TPSA) is 48.1 Å². The zero-order valence-corrected chi connectivity index (χ0v) is 11.7. The summed E-state index contributed by atoms with van der Waals surface area (Å²) in [5, 5.41) is 1.66. The molecule has 2 rings (SSSR count). The number of aromatic nitrogens is 1. The van der Waals surface area contributed by atoms with Gasteiger partial charge in [-0.25, -0.2) is 4.98 Å². The zero-order valence-electron chi connectivity index (χ0n) is 10.1. The number of halogens is 1. The fourth-order valence-corrected chi connectivity index (χ4v) is 2.64. The van der Waals surface area contributed by atoms with E-state index in [4.69, 9.17) is 22.1 Å². The number of aryl methyl sites for hydroxylation is 1. The molecule has 0 radical (unpaired) electrons. The summed E-state index contributed by atoms with van der Waals surface area (Å²) in [7, 11) is 0. The number of para-hydroxylation sites is 1. The van der Waals surface area contributed by atoms with E-state index in [0.717, 1.165) is 27.6 Å². The maximum atomic E-state index is 6.16. The van der Waals surface area contributed by atoms with Gasteiger partial charge in [0.15, 0.2) is 0 Å². The molecule has 0 bridgehead atoms. The summed E-state index contributed by atoms with van der Waals surface area (Å²) in [5.41, 5.74) is 6.63. The largest absolute Gasteiger partial charge is 0.486 e. The predicted molar refractivity (Wildman–Crippen MR) is 75.4 cm³/mol. The highest BCUT2D eigenvalue weighted by Gasteiger charge is 2.09. The molecule has 3 nitrogen and oxygen atoms in total. The molecule has 0 aliphatic heterocycles. The fourth-order valence-electron chi connectivity index (χ4n) is 1.68. The third-order valence-corrected chi connectivity index (χ3v) is 3.67. The standard InChI is InChI=1S/C13H15ClN2OS/c1-9-16-7-11(18-9)8-17-13-10(5-6-15)3-2-4-12(13)14/h2-4,7H,5-6,8,15H2,1H3. The van der Waals surface area contributed by atoms with Crippen molar-refractivity contribution in [1.82, 2.24) is 4.98 Å². The normalized spacial score (nSPS) is 10.6. The fraction of sp³-hybridized carbons (Fsp3) is 0.308. The number of ether oxygens (including phenoxy) is 1. The molecule has 0 unspecified atom stereocenters. The third kappa shape index (κ3) is 3.22. The molecule has 1 aromatic heterocycles. The molecule has 0 fully saturated rings. The second-order valence-electron chi connectivity index (χ2n) is 3.90. The molecule has 0 saturated heterocycles. The summed E-state index contributed by atoms with van der Waals surface area (Å²) >= 11 is 7.79. The summed E-state index contributed by atoms with van der Waals surface area (Å²) in [6, 6.07) is 5.73. The molecule has 1 aromatic carbocycles. The van der Waals surface area contributed by atoms with Crippen LogP contribution in [-0.2, 0) is 13.0 Å². The van der Waals surface area contributed by atoms with E-state index in [0.29, 0.717) is 18.2 Å². The van der Waals surface area contributed by atoms with Gasteiger partial charge in [0.2, 0.25) is 0 Å². The minimum Gasteiger partial charge on any atom is -0.486 e. The predicted octanol–water partition coefficient (Wildman–Crippen LogP) is 3.19. The Balaban J connectivity index is 2.12. The molecule has 1 heterocycles. The number of benzene rings is 1. The molecule has 2 N–H and O–H groups in total. The van der Waals surface area contributed by atoms with Crippen LogP contribution in [0.5, 0.6) is 5.75 Å². The first kappa shape index (κ1) is 13.3. The van der Waals surface area contributed by atoms with Gasteiger partial charge in [0.25, 0.3) is 0 Å². The Morgan fingerprint density at radius 1 is 1.44 bits per heavy atom. The highest BCUT2D eigenvalue weighted by Crippen LogP contribution is 2.30. The van der Waals surface area contributed by atoms with Crippen LogP contribution in [0.1, 0.15) is 15.4 Å². The maximum Gasteiger partial charge on any atom is 0.141 e. The van der Waals surface area contributed by atoms with E-state index in [1.165, 1.54) is 0 Å². The summed E-state index contributed by atoms with van der Waals surface area (Å²) in [5.74, 6) is 0.732. The van der Waals surface area contributed by atoms with Crippen LogP contribution < -0.4 is 10.5 Å². The van der Waals surface area contributed by atoms with Gasteiger partial charge in [-0.15, -0.1) is 11.3 Å². The second-order valence-corrected chi connectivity index (χ2v) is 5.63. The van der Waals surface area contributed by atoms with Gasteiger partial charge >= 0.3 is 0 Å². The number of hydrogen-bond donors (Lipinski definition) is 1. The van der Waals surface area contributed by atoms with Crippen LogP contribution in [0, 0.1) is 6.92 Å². The molecule has 5 heteroatoms. The van der Waals surface area contributed by atoms with Gasteiger partial charge in [0, 0.05) is 6.20 Å². The third-order valence-electron chi connectivity index (χ3n) is 2.49. The van der Waals surface area contributed by atoms with Gasteiger partial charge < -0.3 is 10.5 Å². The Hall–Kier alpha value is -1.10. The molecular weight excluding hydrogens is 268 g/mol. The Labute approximate surface area is 116 Å². The van der Waals surface area contributed by atoms with Crippen molar-refractivity contribution in [3.8, 4) is 5.75 Å². The molecule has 2 aromatic rings. The first-order chi connectivity index (χ1) is 8.70. The monoisotopic (exact) mass is 282 g/mol. The summed E-state index contributed by atoms with van der Waals surface area (Å²) in [6.07, 6.45) is 2.59. The van der Waals surface area contributed by atoms with Gasteiger partial charge in [-0.1, -0.05) is 23.7 Å². The van der Waals surface area contributed by atoms with Gasteiger partial charge in [-0.2, -0.15) is 0 Å². The van der Waals surface area contributed by atoms with Gasteiger partial charge in [0.1, 0.15) is 12.4 Å². The molecule has 0 spiro atoms. The molecule has 0 amide bonds.